The van der Waals surface area contributed by atoms with Gasteiger partial charge in [-0.2, -0.15) is 0 Å². The average Bonchev–Trinajstić information content (AvgIpc) is 3.39. The summed E-state index contributed by atoms with van der Waals surface area (Å²) >= 11 is 6.03. The maximum atomic E-state index is 12.4. The molecule has 0 saturated carbocycles. The highest BCUT2D eigenvalue weighted by Gasteiger charge is 2.25. The Labute approximate surface area is 192 Å². The molecule has 0 bridgehead atoms. The summed E-state index contributed by atoms with van der Waals surface area (Å²) in [6.07, 6.45) is 5.94. The Morgan fingerprint density at radius 1 is 1.34 bits per heavy atom. The molecule has 32 heavy (non-hydrogen) atoms. The molecule has 1 atom stereocenters. The second-order valence-electron chi connectivity index (χ2n) is 8.01. The largest absolute Gasteiger partial charge is 0.365 e. The van der Waals surface area contributed by atoms with Crippen LogP contribution in [0.5, 0.6) is 0 Å². The fraction of sp³-hybridized carbons (Fsp3) is 0.292. The zero-order valence-electron chi connectivity index (χ0n) is 18.1. The van der Waals surface area contributed by atoms with Crippen LogP contribution in [0.4, 0.5) is 5.82 Å². The first-order chi connectivity index (χ1) is 15.5. The van der Waals surface area contributed by atoms with Gasteiger partial charge in [-0.3, -0.25) is 4.79 Å². The molecular formula is C24H25ClN6O. The summed E-state index contributed by atoms with van der Waals surface area (Å²) in [6.45, 7) is 2.11. The predicted molar refractivity (Wildman–Crippen MR) is 128 cm³/mol. The quantitative estimate of drug-likeness (QED) is 0.463. The van der Waals surface area contributed by atoms with Gasteiger partial charge in [0, 0.05) is 42.3 Å². The molecule has 1 saturated heterocycles. The lowest BCUT2D eigenvalue weighted by atomic mass is 10.2. The van der Waals surface area contributed by atoms with Crippen LogP contribution in [0.25, 0.3) is 11.0 Å². The molecule has 1 aliphatic rings. The monoisotopic (exact) mass is 448 g/mol. The number of likely N-dealkylation sites (N-methyl/N-ethyl adjacent to an activating group) is 1. The highest BCUT2D eigenvalue weighted by atomic mass is 35.5. The van der Waals surface area contributed by atoms with Crippen LogP contribution in [0.2, 0.25) is 5.02 Å². The Morgan fingerprint density at radius 2 is 2.22 bits per heavy atom. The number of aromatic nitrogens is 3. The van der Waals surface area contributed by atoms with Crippen molar-refractivity contribution in [2.24, 2.45) is 0 Å². The van der Waals surface area contributed by atoms with Gasteiger partial charge in [-0.25, -0.2) is 9.97 Å². The number of anilines is 1. The molecule has 2 aromatic heterocycles. The van der Waals surface area contributed by atoms with E-state index in [-0.39, 0.29) is 11.9 Å². The van der Waals surface area contributed by atoms with E-state index in [2.05, 4.69) is 32.1 Å². The molecule has 0 radical (unpaired) electrons. The number of benzene rings is 1. The van der Waals surface area contributed by atoms with Gasteiger partial charge in [0.1, 0.15) is 17.8 Å². The highest BCUT2D eigenvalue weighted by molar-refractivity contribution is 6.30. The van der Waals surface area contributed by atoms with E-state index in [1.54, 1.807) is 6.08 Å². The third-order valence-corrected chi connectivity index (χ3v) is 5.40. The van der Waals surface area contributed by atoms with E-state index in [1.807, 2.05) is 60.3 Å². The van der Waals surface area contributed by atoms with Crippen LogP contribution in [0.15, 0.2) is 48.8 Å². The zero-order chi connectivity index (χ0) is 22.5. The Bertz CT molecular complexity index is 1210. The van der Waals surface area contributed by atoms with Crippen molar-refractivity contribution in [2.75, 3.05) is 39.0 Å². The molecule has 1 aliphatic heterocycles. The fourth-order valence-corrected chi connectivity index (χ4v) is 3.76. The molecule has 0 aliphatic carbocycles. The number of halogens is 1. The van der Waals surface area contributed by atoms with Gasteiger partial charge in [0.25, 0.3) is 0 Å². The van der Waals surface area contributed by atoms with E-state index < -0.39 is 0 Å². The third kappa shape index (κ3) is 5.47. The number of nitrogens with zero attached hydrogens (tertiary/aromatic N) is 4. The summed E-state index contributed by atoms with van der Waals surface area (Å²) in [5.41, 5.74) is 2.31. The van der Waals surface area contributed by atoms with E-state index in [0.717, 1.165) is 47.6 Å². The molecule has 8 heteroatoms. The first-order valence-corrected chi connectivity index (χ1v) is 10.8. The number of carbonyl (C=O) groups is 1. The fourth-order valence-electron chi connectivity index (χ4n) is 3.57. The Hall–Kier alpha value is -3.34. The van der Waals surface area contributed by atoms with Crippen LogP contribution in [0.1, 0.15) is 17.7 Å². The molecule has 4 rings (SSSR count). The molecular weight excluding hydrogens is 424 g/mol. The lowest BCUT2D eigenvalue weighted by Gasteiger charge is -2.16. The maximum absolute atomic E-state index is 12.4. The minimum absolute atomic E-state index is 0.0456. The topological polar surface area (TPSA) is 77.2 Å². The maximum Gasteiger partial charge on any atom is 0.246 e. The smallest absolute Gasteiger partial charge is 0.246 e. The van der Waals surface area contributed by atoms with Crippen LogP contribution < -0.4 is 5.32 Å². The Morgan fingerprint density at radius 3 is 3.03 bits per heavy atom. The van der Waals surface area contributed by atoms with Crippen molar-refractivity contribution >= 4 is 34.4 Å². The molecule has 0 spiro atoms. The summed E-state index contributed by atoms with van der Waals surface area (Å²) in [4.78, 5) is 28.2. The molecule has 1 fully saturated rings. The summed E-state index contributed by atoms with van der Waals surface area (Å²) in [5.74, 6) is 7.02. The number of aromatic amines is 1. The lowest BCUT2D eigenvalue weighted by Crippen LogP contribution is -2.30. The van der Waals surface area contributed by atoms with Crippen LogP contribution in [0.3, 0.4) is 0 Å². The van der Waals surface area contributed by atoms with Crippen LogP contribution in [0, 0.1) is 11.8 Å². The number of nitrogens with one attached hydrogen (secondary N) is 2. The molecule has 3 aromatic rings. The van der Waals surface area contributed by atoms with Gasteiger partial charge < -0.3 is 20.1 Å². The standard InChI is InChI=1S/C24H25ClN6O/c1-30(2)11-4-7-22(32)31-12-10-20(15-31)29-24-21-14-19(28-23(21)26-16-27-24)9-8-17-5-3-6-18(25)13-17/h3-7,13-14,16,20H,10-12,15H2,1-2H3,(H2,26,27,28,29)/b7-4+. The Balaban J connectivity index is 1.44. The number of likely N-dealkylation sites (tertiary alicyclic amines) is 1. The summed E-state index contributed by atoms with van der Waals surface area (Å²) in [6, 6.07) is 9.51. The second-order valence-corrected chi connectivity index (χ2v) is 8.44. The second kappa shape index (κ2) is 9.86. The van der Waals surface area contributed by atoms with Gasteiger partial charge in [-0.05, 0) is 50.7 Å². The number of rotatable bonds is 5. The van der Waals surface area contributed by atoms with E-state index in [9.17, 15) is 4.79 Å². The molecule has 1 amide bonds. The highest BCUT2D eigenvalue weighted by Crippen LogP contribution is 2.23. The van der Waals surface area contributed by atoms with Gasteiger partial charge in [-0.15, -0.1) is 0 Å². The van der Waals surface area contributed by atoms with Crippen molar-refractivity contribution in [3.05, 3.63) is 65.1 Å². The number of H-pyrrole nitrogens is 1. The van der Waals surface area contributed by atoms with Crippen molar-refractivity contribution in [1.82, 2.24) is 24.8 Å². The molecule has 2 N–H and O–H groups in total. The van der Waals surface area contributed by atoms with Crippen molar-refractivity contribution in [2.45, 2.75) is 12.5 Å². The minimum Gasteiger partial charge on any atom is -0.365 e. The van der Waals surface area contributed by atoms with Crippen LogP contribution in [-0.2, 0) is 4.79 Å². The Kier molecular flexibility index (Phi) is 6.74. The summed E-state index contributed by atoms with van der Waals surface area (Å²) < 4.78 is 0. The molecule has 164 valence electrons. The van der Waals surface area contributed by atoms with Crippen molar-refractivity contribution in [3.8, 4) is 11.8 Å². The number of hydrogen-bond donors (Lipinski definition) is 2. The number of amides is 1. The SMILES string of the molecule is CN(C)C/C=C/C(=O)N1CCC(Nc2ncnc3[nH]c(C#Cc4cccc(Cl)c4)cc23)C1. The van der Waals surface area contributed by atoms with Gasteiger partial charge in [-0.1, -0.05) is 29.7 Å². The molecule has 7 nitrogen and oxygen atoms in total. The van der Waals surface area contributed by atoms with E-state index in [0.29, 0.717) is 11.6 Å². The van der Waals surface area contributed by atoms with Gasteiger partial charge in [0.15, 0.2) is 0 Å². The number of carbonyl (C=O) groups excluding carboxylic acids is 1. The normalized spacial score (nSPS) is 16.0. The molecule has 1 unspecified atom stereocenters. The zero-order valence-corrected chi connectivity index (χ0v) is 18.9. The summed E-state index contributed by atoms with van der Waals surface area (Å²) in [7, 11) is 3.95. The first kappa shape index (κ1) is 21.9. The third-order valence-electron chi connectivity index (χ3n) is 5.16. The van der Waals surface area contributed by atoms with E-state index >= 15 is 0 Å². The van der Waals surface area contributed by atoms with Crippen LogP contribution >= 0.6 is 11.6 Å². The van der Waals surface area contributed by atoms with Crippen molar-refractivity contribution in [1.29, 1.82) is 0 Å². The van der Waals surface area contributed by atoms with Crippen molar-refractivity contribution < 1.29 is 4.79 Å². The molecule has 3 heterocycles. The number of fused-ring (bicyclic) bond motifs is 1. The van der Waals surface area contributed by atoms with Gasteiger partial charge in [0.2, 0.25) is 5.91 Å². The average molecular weight is 449 g/mol. The van der Waals surface area contributed by atoms with E-state index in [1.165, 1.54) is 6.33 Å². The first-order valence-electron chi connectivity index (χ1n) is 10.5. The van der Waals surface area contributed by atoms with Crippen molar-refractivity contribution in [3.63, 3.8) is 0 Å². The van der Waals surface area contributed by atoms with Gasteiger partial charge >= 0.3 is 0 Å². The molecule has 1 aromatic carbocycles. The number of hydrogen-bond acceptors (Lipinski definition) is 5. The summed E-state index contributed by atoms with van der Waals surface area (Å²) in [5, 5.41) is 5.00. The lowest BCUT2D eigenvalue weighted by molar-refractivity contribution is -0.125. The van der Waals surface area contributed by atoms with Crippen LogP contribution in [-0.4, -0.2) is 70.4 Å². The van der Waals surface area contributed by atoms with Gasteiger partial charge in [0.05, 0.1) is 11.1 Å². The minimum atomic E-state index is 0.0456. The van der Waals surface area contributed by atoms with E-state index in [4.69, 9.17) is 11.6 Å². The predicted octanol–water partition coefficient (Wildman–Crippen LogP) is 3.14.